The molecule has 0 heterocycles. The normalized spacial score (nSPS) is 10.6. The molecule has 0 bridgehead atoms. The monoisotopic (exact) mass is 571 g/mol. The summed E-state index contributed by atoms with van der Waals surface area (Å²) in [7, 11) is 1.46. The molecule has 9 heteroatoms. The molecule has 0 aliphatic rings. The average molecular weight is 572 g/mol. The summed E-state index contributed by atoms with van der Waals surface area (Å²) in [5.74, 6) is -0.680. The van der Waals surface area contributed by atoms with E-state index >= 15 is 0 Å². The number of nitrogens with zero attached hydrogens (tertiary/aromatic N) is 1. The summed E-state index contributed by atoms with van der Waals surface area (Å²) in [4.78, 5) is 37.4. The zero-order valence-corrected chi connectivity index (χ0v) is 21.8. The molecule has 0 spiro atoms. The lowest BCUT2D eigenvalue weighted by molar-refractivity contribution is 0.0729. The third-order valence-corrected chi connectivity index (χ3v) is 5.80. The SMILES string of the molecule is COc1cc(C=NNC(=O)c2cccc(NC(=O)c3ccccc3)c2)ccc1OC(=O)c1ccc(Br)cc1. The number of halogens is 1. The maximum absolute atomic E-state index is 12.6. The van der Waals surface area contributed by atoms with Crippen LogP contribution in [0, 0.1) is 0 Å². The van der Waals surface area contributed by atoms with Gasteiger partial charge < -0.3 is 14.8 Å². The van der Waals surface area contributed by atoms with E-state index in [2.05, 4.69) is 31.8 Å². The fourth-order valence-corrected chi connectivity index (χ4v) is 3.62. The van der Waals surface area contributed by atoms with Gasteiger partial charge in [0.2, 0.25) is 0 Å². The van der Waals surface area contributed by atoms with Gasteiger partial charge in [-0.25, -0.2) is 10.2 Å². The van der Waals surface area contributed by atoms with Gasteiger partial charge in [-0.2, -0.15) is 5.10 Å². The molecule has 0 aliphatic heterocycles. The molecule has 190 valence electrons. The topological polar surface area (TPSA) is 106 Å². The van der Waals surface area contributed by atoms with Crippen LogP contribution >= 0.6 is 15.9 Å². The van der Waals surface area contributed by atoms with Crippen molar-refractivity contribution in [3.8, 4) is 11.5 Å². The molecule has 0 saturated heterocycles. The first-order valence-electron chi connectivity index (χ1n) is 11.4. The van der Waals surface area contributed by atoms with Crippen molar-refractivity contribution >= 4 is 45.6 Å². The first-order chi connectivity index (χ1) is 18.4. The Labute approximate surface area is 227 Å². The van der Waals surface area contributed by atoms with E-state index in [4.69, 9.17) is 9.47 Å². The summed E-state index contributed by atoms with van der Waals surface area (Å²) >= 11 is 3.33. The van der Waals surface area contributed by atoms with Crippen molar-refractivity contribution in [1.29, 1.82) is 0 Å². The number of ether oxygens (including phenoxy) is 2. The number of carbonyl (C=O) groups excluding carboxylic acids is 3. The van der Waals surface area contributed by atoms with Crippen molar-refractivity contribution in [2.45, 2.75) is 0 Å². The molecule has 0 saturated carbocycles. The zero-order valence-electron chi connectivity index (χ0n) is 20.2. The molecule has 4 aromatic carbocycles. The smallest absolute Gasteiger partial charge is 0.343 e. The molecular weight excluding hydrogens is 550 g/mol. The first kappa shape index (κ1) is 26.3. The Morgan fingerprint density at radius 1 is 0.763 bits per heavy atom. The Bertz CT molecular complexity index is 1490. The van der Waals surface area contributed by atoms with Crippen molar-refractivity contribution in [3.63, 3.8) is 0 Å². The van der Waals surface area contributed by atoms with Gasteiger partial charge in [0.05, 0.1) is 18.9 Å². The minimum atomic E-state index is -0.522. The Morgan fingerprint density at radius 3 is 2.24 bits per heavy atom. The number of anilines is 1. The second kappa shape index (κ2) is 12.5. The van der Waals surface area contributed by atoms with Crippen LogP contribution in [-0.2, 0) is 0 Å². The molecule has 2 amide bonds. The van der Waals surface area contributed by atoms with E-state index in [1.54, 1.807) is 91.0 Å². The van der Waals surface area contributed by atoms with Gasteiger partial charge in [0.25, 0.3) is 11.8 Å². The third-order valence-electron chi connectivity index (χ3n) is 5.27. The van der Waals surface area contributed by atoms with Crippen LogP contribution in [0.5, 0.6) is 11.5 Å². The van der Waals surface area contributed by atoms with Crippen molar-refractivity contribution in [3.05, 3.63) is 124 Å². The molecule has 4 aromatic rings. The fourth-order valence-electron chi connectivity index (χ4n) is 3.35. The predicted molar refractivity (Wildman–Crippen MR) is 148 cm³/mol. The number of amides is 2. The van der Waals surface area contributed by atoms with Crippen LogP contribution in [0.3, 0.4) is 0 Å². The second-order valence-electron chi connectivity index (χ2n) is 7.91. The predicted octanol–water partition coefficient (Wildman–Crippen LogP) is 5.69. The fraction of sp³-hybridized carbons (Fsp3) is 0.0345. The van der Waals surface area contributed by atoms with Gasteiger partial charge in [-0.3, -0.25) is 9.59 Å². The molecule has 2 N–H and O–H groups in total. The highest BCUT2D eigenvalue weighted by Crippen LogP contribution is 2.28. The number of rotatable bonds is 8. The van der Waals surface area contributed by atoms with Gasteiger partial charge in [-0.1, -0.05) is 40.2 Å². The van der Waals surface area contributed by atoms with Gasteiger partial charge in [0.15, 0.2) is 11.5 Å². The van der Waals surface area contributed by atoms with Gasteiger partial charge >= 0.3 is 5.97 Å². The highest BCUT2D eigenvalue weighted by Gasteiger charge is 2.13. The average Bonchev–Trinajstić information content (AvgIpc) is 2.94. The summed E-state index contributed by atoms with van der Waals surface area (Å²) in [5, 5.41) is 6.77. The Balaban J connectivity index is 1.37. The summed E-state index contributed by atoms with van der Waals surface area (Å²) in [6.07, 6.45) is 1.43. The lowest BCUT2D eigenvalue weighted by atomic mass is 10.1. The molecule has 38 heavy (non-hydrogen) atoms. The largest absolute Gasteiger partial charge is 0.493 e. The summed E-state index contributed by atoms with van der Waals surface area (Å²) in [5.41, 5.74) is 4.77. The second-order valence-corrected chi connectivity index (χ2v) is 8.82. The highest BCUT2D eigenvalue weighted by molar-refractivity contribution is 9.10. The number of methoxy groups -OCH3 is 1. The molecule has 0 aromatic heterocycles. The van der Waals surface area contributed by atoms with E-state index in [0.29, 0.717) is 33.7 Å². The zero-order chi connectivity index (χ0) is 26.9. The molecular formula is C29H22BrN3O5. The molecule has 0 aliphatic carbocycles. The highest BCUT2D eigenvalue weighted by atomic mass is 79.9. The van der Waals surface area contributed by atoms with Crippen LogP contribution < -0.4 is 20.2 Å². The van der Waals surface area contributed by atoms with Crippen LogP contribution in [0.25, 0.3) is 0 Å². The number of carbonyl (C=O) groups is 3. The molecule has 0 atom stereocenters. The maximum atomic E-state index is 12.6. The van der Waals surface area contributed by atoms with Gasteiger partial charge in [-0.05, 0) is 78.4 Å². The van der Waals surface area contributed by atoms with Crippen molar-refractivity contribution < 1.29 is 23.9 Å². The van der Waals surface area contributed by atoms with Crippen molar-refractivity contribution in [1.82, 2.24) is 5.43 Å². The van der Waals surface area contributed by atoms with Crippen LogP contribution in [0.1, 0.15) is 36.6 Å². The van der Waals surface area contributed by atoms with E-state index in [-0.39, 0.29) is 11.7 Å². The molecule has 0 unspecified atom stereocenters. The van der Waals surface area contributed by atoms with Gasteiger partial charge in [0.1, 0.15) is 0 Å². The third kappa shape index (κ3) is 6.92. The molecule has 8 nitrogen and oxygen atoms in total. The number of esters is 1. The van der Waals surface area contributed by atoms with E-state index in [0.717, 1.165) is 4.47 Å². The summed E-state index contributed by atoms with van der Waals surface area (Å²) in [6.45, 7) is 0. The number of hydrogen-bond donors (Lipinski definition) is 2. The van der Waals surface area contributed by atoms with E-state index < -0.39 is 11.9 Å². The van der Waals surface area contributed by atoms with E-state index in [1.165, 1.54) is 13.3 Å². The van der Waals surface area contributed by atoms with Crippen molar-refractivity contribution in [2.24, 2.45) is 5.10 Å². The number of benzene rings is 4. The Morgan fingerprint density at radius 2 is 1.50 bits per heavy atom. The first-order valence-corrected chi connectivity index (χ1v) is 12.2. The van der Waals surface area contributed by atoms with Crippen LogP contribution in [0.15, 0.2) is 107 Å². The van der Waals surface area contributed by atoms with Crippen LogP contribution in [-0.4, -0.2) is 31.1 Å². The minimum Gasteiger partial charge on any atom is -0.493 e. The summed E-state index contributed by atoms with van der Waals surface area (Å²) < 4.78 is 11.7. The maximum Gasteiger partial charge on any atom is 0.343 e. The lowest BCUT2D eigenvalue weighted by Crippen LogP contribution is -2.18. The van der Waals surface area contributed by atoms with E-state index in [9.17, 15) is 14.4 Å². The molecule has 0 fully saturated rings. The molecule has 4 rings (SSSR count). The van der Waals surface area contributed by atoms with Gasteiger partial charge in [-0.15, -0.1) is 0 Å². The number of nitrogens with one attached hydrogen (secondary N) is 2. The minimum absolute atomic E-state index is 0.246. The van der Waals surface area contributed by atoms with Gasteiger partial charge in [0, 0.05) is 21.3 Å². The van der Waals surface area contributed by atoms with Crippen LogP contribution in [0.2, 0.25) is 0 Å². The lowest BCUT2D eigenvalue weighted by Gasteiger charge is -2.10. The van der Waals surface area contributed by atoms with Crippen molar-refractivity contribution in [2.75, 3.05) is 12.4 Å². The number of hydrogen-bond acceptors (Lipinski definition) is 6. The summed E-state index contributed by atoms with van der Waals surface area (Å²) in [6, 6.07) is 27.0. The standard InChI is InChI=1S/C29H22BrN3O5/c1-37-26-16-19(10-15-25(26)38-29(36)21-11-13-23(30)14-12-21)18-31-33-28(35)22-8-5-9-24(17-22)32-27(34)20-6-3-2-4-7-20/h2-18H,1H3,(H,32,34)(H,33,35). The quantitative estimate of drug-likeness (QED) is 0.122. The number of hydrazone groups is 1. The van der Waals surface area contributed by atoms with E-state index in [1.807, 2.05) is 6.07 Å². The Hall–Kier alpha value is -4.76. The Kier molecular flexibility index (Phi) is 8.63. The molecule has 0 radical (unpaired) electrons. The van der Waals surface area contributed by atoms with Crippen LogP contribution in [0.4, 0.5) is 5.69 Å².